The molecule has 0 aliphatic rings. The van der Waals surface area contributed by atoms with Crippen molar-refractivity contribution in [1.29, 1.82) is 0 Å². The van der Waals surface area contributed by atoms with Gasteiger partial charge in [-0.25, -0.2) is 4.79 Å². The molecule has 0 unspecified atom stereocenters. The van der Waals surface area contributed by atoms with E-state index < -0.39 is 11.9 Å². The van der Waals surface area contributed by atoms with Crippen LogP contribution in [0.3, 0.4) is 0 Å². The fraction of sp³-hybridized carbons (Fsp3) is 0.0800. The minimum atomic E-state index is -1.15. The second kappa shape index (κ2) is 11.5. The van der Waals surface area contributed by atoms with E-state index in [0.29, 0.717) is 17.1 Å². The first-order valence-electron chi connectivity index (χ1n) is 9.97. The molecule has 8 heteroatoms. The molecular weight excluding hydrogens is 440 g/mol. The number of anilines is 2. The average molecular weight is 463 g/mol. The number of hydrogen-bond donors (Lipinski definition) is 3. The number of hydrogen-bond acceptors (Lipinski definition) is 5. The highest BCUT2D eigenvalue weighted by atomic mass is 32.2. The van der Waals surface area contributed by atoms with Crippen molar-refractivity contribution in [3.05, 3.63) is 90.5 Å². The molecule has 0 bridgehead atoms. The lowest BCUT2D eigenvalue weighted by Crippen LogP contribution is -2.13. The summed E-state index contributed by atoms with van der Waals surface area (Å²) in [5, 5.41) is 14.2. The van der Waals surface area contributed by atoms with Gasteiger partial charge in [-0.05, 0) is 67.6 Å². The molecule has 0 saturated carbocycles. The summed E-state index contributed by atoms with van der Waals surface area (Å²) in [6, 6.07) is 23.5. The number of carbonyl (C=O) groups excluding carboxylic acids is 2. The quantitative estimate of drug-likeness (QED) is 0.299. The third kappa shape index (κ3) is 7.86. The summed E-state index contributed by atoms with van der Waals surface area (Å²) >= 11 is 1.36. The number of benzene rings is 3. The van der Waals surface area contributed by atoms with Crippen molar-refractivity contribution in [2.45, 2.75) is 11.8 Å². The Morgan fingerprint density at radius 1 is 0.848 bits per heavy atom. The fourth-order valence-electron chi connectivity index (χ4n) is 2.65. The molecule has 3 aromatic carbocycles. The molecule has 0 aliphatic heterocycles. The van der Waals surface area contributed by atoms with Gasteiger partial charge in [-0.2, -0.15) is 0 Å². The summed E-state index contributed by atoms with van der Waals surface area (Å²) in [6.45, 7) is 1.35. The number of carboxylic acid groups (broad SMARTS) is 1. The van der Waals surface area contributed by atoms with Crippen LogP contribution in [-0.4, -0.2) is 28.6 Å². The number of thioether (sulfide) groups is 1. The van der Waals surface area contributed by atoms with Crippen LogP contribution >= 0.6 is 11.8 Å². The topological polar surface area (TPSA) is 105 Å². The van der Waals surface area contributed by atoms with E-state index in [-0.39, 0.29) is 17.2 Å². The van der Waals surface area contributed by atoms with Crippen LogP contribution in [0.4, 0.5) is 11.4 Å². The number of aliphatic carboxylic acids is 1. The zero-order valence-electron chi connectivity index (χ0n) is 17.8. The van der Waals surface area contributed by atoms with Crippen LogP contribution in [0.15, 0.2) is 95.4 Å². The Labute approximate surface area is 195 Å². The van der Waals surface area contributed by atoms with Crippen molar-refractivity contribution in [1.82, 2.24) is 0 Å². The summed E-state index contributed by atoms with van der Waals surface area (Å²) in [5.41, 5.74) is 1.15. The minimum absolute atomic E-state index is 0.0518. The van der Waals surface area contributed by atoms with Crippen molar-refractivity contribution in [2.24, 2.45) is 0 Å². The Balaban J connectivity index is 1.45. The van der Waals surface area contributed by atoms with Gasteiger partial charge in [0.05, 0.1) is 5.75 Å². The predicted molar refractivity (Wildman–Crippen MR) is 129 cm³/mol. The first-order valence-corrected chi connectivity index (χ1v) is 11.0. The zero-order chi connectivity index (χ0) is 23.6. The molecule has 168 valence electrons. The number of amides is 2. The normalized spacial score (nSPS) is 10.9. The van der Waals surface area contributed by atoms with E-state index in [1.807, 2.05) is 30.3 Å². The largest absolute Gasteiger partial charge is 0.478 e. The van der Waals surface area contributed by atoms with Gasteiger partial charge in [-0.15, -0.1) is 11.8 Å². The van der Waals surface area contributed by atoms with Crippen LogP contribution < -0.4 is 15.4 Å². The van der Waals surface area contributed by atoms with Gasteiger partial charge in [0.2, 0.25) is 11.8 Å². The predicted octanol–water partition coefficient (Wildman–Crippen LogP) is 5.18. The molecule has 3 N–H and O–H groups in total. The van der Waals surface area contributed by atoms with Crippen LogP contribution in [-0.2, 0) is 14.4 Å². The minimum Gasteiger partial charge on any atom is -0.478 e. The van der Waals surface area contributed by atoms with Crippen molar-refractivity contribution < 1.29 is 24.2 Å². The van der Waals surface area contributed by atoms with Crippen LogP contribution in [0.5, 0.6) is 11.5 Å². The van der Waals surface area contributed by atoms with Gasteiger partial charge in [0.1, 0.15) is 11.5 Å². The van der Waals surface area contributed by atoms with Gasteiger partial charge in [0, 0.05) is 27.9 Å². The average Bonchev–Trinajstić information content (AvgIpc) is 2.80. The van der Waals surface area contributed by atoms with Gasteiger partial charge in [0.15, 0.2) is 0 Å². The van der Waals surface area contributed by atoms with Crippen LogP contribution in [0, 0.1) is 0 Å². The van der Waals surface area contributed by atoms with Crippen LogP contribution in [0.1, 0.15) is 6.92 Å². The summed E-state index contributed by atoms with van der Waals surface area (Å²) < 4.78 is 5.73. The standard InChI is InChI=1S/C25H22N2O5S/c1-17(25(30)31)15-23(28)26-19-9-13-22(14-10-19)33-16-24(29)27-18-7-11-21(12-8-18)32-20-5-3-2-4-6-20/h2-15H,16H2,1H3,(H,26,28)(H,27,29)(H,30,31). The number of para-hydroxylation sites is 1. The van der Waals surface area contributed by atoms with E-state index in [1.54, 1.807) is 48.5 Å². The van der Waals surface area contributed by atoms with E-state index in [1.165, 1.54) is 18.7 Å². The van der Waals surface area contributed by atoms with Crippen LogP contribution in [0.2, 0.25) is 0 Å². The maximum atomic E-state index is 12.3. The molecule has 2 amide bonds. The van der Waals surface area contributed by atoms with Gasteiger partial charge in [0.25, 0.3) is 0 Å². The lowest BCUT2D eigenvalue weighted by Gasteiger charge is -2.08. The monoisotopic (exact) mass is 462 g/mol. The molecular formula is C25H22N2O5S. The lowest BCUT2D eigenvalue weighted by atomic mass is 10.2. The maximum absolute atomic E-state index is 12.3. The number of ether oxygens (including phenoxy) is 1. The van der Waals surface area contributed by atoms with Gasteiger partial charge >= 0.3 is 5.97 Å². The number of nitrogens with one attached hydrogen (secondary N) is 2. The molecule has 3 aromatic rings. The molecule has 0 radical (unpaired) electrons. The van der Waals surface area contributed by atoms with Crippen molar-refractivity contribution in [2.75, 3.05) is 16.4 Å². The maximum Gasteiger partial charge on any atom is 0.331 e. The Bertz CT molecular complexity index is 1140. The number of carboxylic acids is 1. The Hall–Kier alpha value is -4.04. The highest BCUT2D eigenvalue weighted by molar-refractivity contribution is 8.00. The molecule has 33 heavy (non-hydrogen) atoms. The van der Waals surface area contributed by atoms with Gasteiger partial charge in [-0.3, -0.25) is 9.59 Å². The van der Waals surface area contributed by atoms with Gasteiger partial charge in [-0.1, -0.05) is 18.2 Å². The molecule has 0 fully saturated rings. The number of rotatable bonds is 9. The second-order valence-electron chi connectivity index (χ2n) is 6.92. The summed E-state index contributed by atoms with van der Waals surface area (Å²) in [5.74, 6) is -0.184. The Kier molecular flexibility index (Phi) is 8.26. The Morgan fingerprint density at radius 3 is 2.06 bits per heavy atom. The molecule has 0 spiro atoms. The molecule has 0 heterocycles. The molecule has 0 atom stereocenters. The SMILES string of the molecule is CC(=CC(=O)Nc1ccc(SCC(=O)Nc2ccc(Oc3ccccc3)cc2)cc1)C(=O)O. The molecule has 0 saturated heterocycles. The van der Waals surface area contributed by atoms with E-state index in [0.717, 1.165) is 16.7 Å². The highest BCUT2D eigenvalue weighted by Crippen LogP contribution is 2.24. The fourth-order valence-corrected chi connectivity index (χ4v) is 3.35. The third-order valence-electron chi connectivity index (χ3n) is 4.29. The van der Waals surface area contributed by atoms with Gasteiger partial charge < -0.3 is 20.5 Å². The highest BCUT2D eigenvalue weighted by Gasteiger charge is 2.07. The van der Waals surface area contributed by atoms with Crippen molar-refractivity contribution >= 4 is 40.9 Å². The first kappa shape index (κ1) is 23.6. The van der Waals surface area contributed by atoms with E-state index in [2.05, 4.69) is 10.6 Å². The lowest BCUT2D eigenvalue weighted by molar-refractivity contribution is -0.132. The van der Waals surface area contributed by atoms with Crippen molar-refractivity contribution in [3.63, 3.8) is 0 Å². The number of carbonyl (C=O) groups is 3. The second-order valence-corrected chi connectivity index (χ2v) is 7.97. The van der Waals surface area contributed by atoms with E-state index in [4.69, 9.17) is 9.84 Å². The van der Waals surface area contributed by atoms with E-state index >= 15 is 0 Å². The summed E-state index contributed by atoms with van der Waals surface area (Å²) in [4.78, 5) is 35.7. The molecule has 0 aliphatic carbocycles. The Morgan fingerprint density at radius 2 is 1.42 bits per heavy atom. The smallest absolute Gasteiger partial charge is 0.331 e. The van der Waals surface area contributed by atoms with Crippen LogP contribution in [0.25, 0.3) is 0 Å². The summed E-state index contributed by atoms with van der Waals surface area (Å²) in [6.07, 6.45) is 1.02. The molecule has 0 aromatic heterocycles. The first-order chi connectivity index (χ1) is 15.9. The zero-order valence-corrected chi connectivity index (χ0v) is 18.6. The third-order valence-corrected chi connectivity index (χ3v) is 5.31. The molecule has 7 nitrogen and oxygen atoms in total. The molecule has 3 rings (SSSR count). The van der Waals surface area contributed by atoms with E-state index in [9.17, 15) is 14.4 Å². The van der Waals surface area contributed by atoms with Crippen molar-refractivity contribution in [3.8, 4) is 11.5 Å². The summed E-state index contributed by atoms with van der Waals surface area (Å²) in [7, 11) is 0.